The van der Waals surface area contributed by atoms with Crippen molar-refractivity contribution >= 4 is 23.1 Å². The predicted molar refractivity (Wildman–Crippen MR) is 73.6 cm³/mol. The van der Waals surface area contributed by atoms with Gasteiger partial charge in [-0.25, -0.2) is 4.98 Å². The summed E-state index contributed by atoms with van der Waals surface area (Å²) in [5, 5.41) is 11.2. The van der Waals surface area contributed by atoms with Crippen LogP contribution in [0.15, 0.2) is 6.20 Å². The SMILES string of the molecule is CCC1CCCCCN1c1nc(Cl)ncc1[N+](=O)[O-]. The Kier molecular flexibility index (Phi) is 4.52. The smallest absolute Gasteiger partial charge is 0.329 e. The number of hydrogen-bond donors (Lipinski definition) is 0. The van der Waals surface area contributed by atoms with Crippen molar-refractivity contribution < 1.29 is 4.92 Å². The first-order valence-electron chi connectivity index (χ1n) is 6.57. The average Bonchev–Trinajstić information content (AvgIpc) is 2.63. The number of hydrogen-bond acceptors (Lipinski definition) is 5. The number of rotatable bonds is 3. The van der Waals surface area contributed by atoms with Gasteiger partial charge in [-0.15, -0.1) is 0 Å². The molecule has 0 bridgehead atoms. The third kappa shape index (κ3) is 3.12. The van der Waals surface area contributed by atoms with Gasteiger partial charge in [0.2, 0.25) is 11.1 Å². The van der Waals surface area contributed by atoms with Crippen molar-refractivity contribution in [1.29, 1.82) is 0 Å². The Morgan fingerprint density at radius 3 is 3.00 bits per heavy atom. The van der Waals surface area contributed by atoms with Crippen molar-refractivity contribution in [1.82, 2.24) is 9.97 Å². The number of halogens is 1. The van der Waals surface area contributed by atoms with Crippen LogP contribution in [0, 0.1) is 10.1 Å². The highest BCUT2D eigenvalue weighted by Crippen LogP contribution is 2.31. The summed E-state index contributed by atoms with van der Waals surface area (Å²) in [6.07, 6.45) is 6.51. The van der Waals surface area contributed by atoms with Crippen molar-refractivity contribution in [3.63, 3.8) is 0 Å². The van der Waals surface area contributed by atoms with Crippen molar-refractivity contribution in [3.05, 3.63) is 21.6 Å². The van der Waals surface area contributed by atoms with Crippen LogP contribution in [0.4, 0.5) is 11.5 Å². The van der Waals surface area contributed by atoms with Gasteiger partial charge in [0, 0.05) is 12.6 Å². The maximum atomic E-state index is 11.1. The molecule has 19 heavy (non-hydrogen) atoms. The highest BCUT2D eigenvalue weighted by Gasteiger charge is 2.28. The van der Waals surface area contributed by atoms with E-state index in [9.17, 15) is 10.1 Å². The van der Waals surface area contributed by atoms with E-state index in [-0.39, 0.29) is 17.0 Å². The number of anilines is 1. The summed E-state index contributed by atoms with van der Waals surface area (Å²) in [4.78, 5) is 20.5. The molecule has 1 atom stereocenters. The van der Waals surface area contributed by atoms with E-state index in [0.717, 1.165) is 38.6 Å². The second-order valence-corrected chi connectivity index (χ2v) is 5.05. The molecule has 0 N–H and O–H groups in total. The van der Waals surface area contributed by atoms with Crippen LogP contribution >= 0.6 is 11.6 Å². The van der Waals surface area contributed by atoms with Crippen LogP contribution in [0.1, 0.15) is 39.0 Å². The zero-order chi connectivity index (χ0) is 13.8. The zero-order valence-corrected chi connectivity index (χ0v) is 11.6. The largest absolute Gasteiger partial charge is 0.348 e. The molecule has 6 nitrogen and oxygen atoms in total. The molecule has 0 saturated carbocycles. The summed E-state index contributed by atoms with van der Waals surface area (Å²) in [6, 6.07) is 0.284. The number of nitro groups is 1. The van der Waals surface area contributed by atoms with E-state index in [2.05, 4.69) is 16.9 Å². The minimum absolute atomic E-state index is 0.0553. The number of nitrogens with zero attached hydrogens (tertiary/aromatic N) is 4. The molecule has 0 aliphatic carbocycles. The van der Waals surface area contributed by atoms with Crippen LogP contribution in [0.5, 0.6) is 0 Å². The summed E-state index contributed by atoms with van der Waals surface area (Å²) in [6.45, 7) is 2.88. The Bertz CT molecular complexity index is 469. The summed E-state index contributed by atoms with van der Waals surface area (Å²) in [7, 11) is 0. The van der Waals surface area contributed by atoms with Crippen molar-refractivity contribution in [2.45, 2.75) is 45.1 Å². The van der Waals surface area contributed by atoms with E-state index in [1.54, 1.807) is 0 Å². The van der Waals surface area contributed by atoms with Crippen LogP contribution in [0.25, 0.3) is 0 Å². The molecule has 1 fully saturated rings. The second kappa shape index (κ2) is 6.14. The molecule has 0 aromatic carbocycles. The van der Waals surface area contributed by atoms with Gasteiger partial charge in [-0.3, -0.25) is 10.1 Å². The van der Waals surface area contributed by atoms with Crippen molar-refractivity contribution in [2.24, 2.45) is 0 Å². The van der Waals surface area contributed by atoms with E-state index in [1.807, 2.05) is 4.90 Å². The van der Waals surface area contributed by atoms with Gasteiger partial charge in [0.15, 0.2) is 0 Å². The molecule has 2 heterocycles. The first kappa shape index (κ1) is 14.0. The summed E-state index contributed by atoms with van der Waals surface area (Å²) in [5.41, 5.74) is -0.0650. The molecule has 2 rings (SSSR count). The Morgan fingerprint density at radius 1 is 1.53 bits per heavy atom. The first-order valence-corrected chi connectivity index (χ1v) is 6.95. The lowest BCUT2D eigenvalue weighted by atomic mass is 10.1. The van der Waals surface area contributed by atoms with E-state index in [1.165, 1.54) is 6.20 Å². The molecular weight excluding hydrogens is 268 g/mol. The molecule has 1 unspecified atom stereocenters. The lowest BCUT2D eigenvalue weighted by molar-refractivity contribution is -0.384. The van der Waals surface area contributed by atoms with Crippen molar-refractivity contribution in [3.8, 4) is 0 Å². The Balaban J connectivity index is 2.42. The lowest BCUT2D eigenvalue weighted by Gasteiger charge is -2.29. The fraction of sp³-hybridized carbons (Fsp3) is 0.667. The molecule has 1 saturated heterocycles. The van der Waals surface area contributed by atoms with Crippen molar-refractivity contribution in [2.75, 3.05) is 11.4 Å². The fourth-order valence-corrected chi connectivity index (χ4v) is 2.70. The third-order valence-corrected chi connectivity index (χ3v) is 3.72. The van der Waals surface area contributed by atoms with E-state index < -0.39 is 4.92 Å². The maximum absolute atomic E-state index is 11.1. The normalized spacial score (nSPS) is 20.1. The predicted octanol–water partition coefficient (Wildman–Crippen LogP) is 3.20. The minimum atomic E-state index is -0.441. The molecule has 0 amide bonds. The molecule has 0 spiro atoms. The fourth-order valence-electron chi connectivity index (χ4n) is 2.57. The molecule has 7 heteroatoms. The van der Waals surface area contributed by atoms with Crippen LogP contribution in [0.3, 0.4) is 0 Å². The van der Waals surface area contributed by atoms with Gasteiger partial charge in [-0.2, -0.15) is 4.98 Å². The average molecular weight is 285 g/mol. The molecule has 1 aliphatic heterocycles. The van der Waals surface area contributed by atoms with Gasteiger partial charge in [-0.1, -0.05) is 19.8 Å². The maximum Gasteiger partial charge on any atom is 0.329 e. The van der Waals surface area contributed by atoms with Crippen LogP contribution in [-0.2, 0) is 0 Å². The monoisotopic (exact) mass is 284 g/mol. The second-order valence-electron chi connectivity index (χ2n) is 4.71. The zero-order valence-electron chi connectivity index (χ0n) is 10.9. The molecule has 0 radical (unpaired) electrons. The molecular formula is C12H17ClN4O2. The molecule has 1 aromatic heterocycles. The number of aromatic nitrogens is 2. The molecule has 1 aliphatic rings. The quantitative estimate of drug-likeness (QED) is 0.484. The van der Waals surface area contributed by atoms with E-state index in [4.69, 9.17) is 11.6 Å². The van der Waals surface area contributed by atoms with Gasteiger partial charge in [0.1, 0.15) is 6.20 Å². The highest BCUT2D eigenvalue weighted by atomic mass is 35.5. The molecule has 1 aromatic rings. The minimum Gasteiger partial charge on any atom is -0.348 e. The van der Waals surface area contributed by atoms with Gasteiger partial charge in [0.05, 0.1) is 4.92 Å². The summed E-state index contributed by atoms with van der Waals surface area (Å²) >= 11 is 5.80. The lowest BCUT2D eigenvalue weighted by Crippen LogP contribution is -2.35. The van der Waals surface area contributed by atoms with Gasteiger partial charge in [0.25, 0.3) is 0 Å². The third-order valence-electron chi connectivity index (χ3n) is 3.54. The van der Waals surface area contributed by atoms with Crippen LogP contribution < -0.4 is 4.90 Å². The van der Waals surface area contributed by atoms with Crippen LogP contribution in [0.2, 0.25) is 5.28 Å². The van der Waals surface area contributed by atoms with Gasteiger partial charge in [-0.05, 0) is 30.9 Å². The first-order chi connectivity index (χ1) is 9.13. The van der Waals surface area contributed by atoms with Crippen LogP contribution in [-0.4, -0.2) is 27.5 Å². The highest BCUT2D eigenvalue weighted by molar-refractivity contribution is 6.28. The standard InChI is InChI=1S/C12H17ClN4O2/c1-2-9-6-4-3-5-7-16(9)11-10(17(18)19)8-14-12(13)15-11/h8-9H,2-7H2,1H3. The molecule has 104 valence electrons. The van der Waals surface area contributed by atoms with Gasteiger partial charge >= 0.3 is 5.69 Å². The van der Waals surface area contributed by atoms with E-state index >= 15 is 0 Å². The Labute approximate surface area is 117 Å². The topological polar surface area (TPSA) is 72.2 Å². The summed E-state index contributed by atoms with van der Waals surface area (Å²) in [5.74, 6) is 0.360. The Morgan fingerprint density at radius 2 is 2.32 bits per heavy atom. The van der Waals surface area contributed by atoms with Gasteiger partial charge < -0.3 is 4.90 Å². The Hall–Kier alpha value is -1.43. The van der Waals surface area contributed by atoms with E-state index in [0.29, 0.717) is 5.82 Å². The summed E-state index contributed by atoms with van der Waals surface area (Å²) < 4.78 is 0.